The number of hydrogen-bond acceptors (Lipinski definition) is 5. The molecule has 2 heterocycles. The Morgan fingerprint density at radius 3 is 2.39 bits per heavy atom. The summed E-state index contributed by atoms with van der Waals surface area (Å²) < 4.78 is 34.6. The molecule has 0 radical (unpaired) electrons. The maximum absolute atomic E-state index is 12.1. The predicted octanol–water partition coefficient (Wildman–Crippen LogP) is 0.212. The van der Waals surface area contributed by atoms with Crippen molar-refractivity contribution < 1.29 is 27.8 Å². The fraction of sp³-hybridized carbons (Fsp3) is 0.909. The number of carboxylic acids is 1. The van der Waals surface area contributed by atoms with Gasteiger partial charge in [0.25, 0.3) is 0 Å². The van der Waals surface area contributed by atoms with Crippen LogP contribution in [0, 0.1) is 0 Å². The van der Waals surface area contributed by atoms with Crippen molar-refractivity contribution in [2.45, 2.75) is 43.1 Å². The first kappa shape index (κ1) is 13.8. The molecule has 0 aromatic heterocycles. The second-order valence-corrected chi connectivity index (χ2v) is 7.13. The number of carboxylic acid groups (broad SMARTS) is 1. The third-order valence-corrected chi connectivity index (χ3v) is 5.80. The molecule has 7 heteroatoms. The normalized spacial score (nSPS) is 30.4. The Balaban J connectivity index is 1.90. The zero-order valence-electron chi connectivity index (χ0n) is 10.1. The molecule has 0 aliphatic carbocycles. The van der Waals surface area contributed by atoms with Crippen LogP contribution >= 0.6 is 0 Å². The Morgan fingerprint density at radius 2 is 1.83 bits per heavy atom. The minimum absolute atomic E-state index is 0.0680. The van der Waals surface area contributed by atoms with E-state index in [9.17, 15) is 13.2 Å². The highest BCUT2D eigenvalue weighted by Crippen LogP contribution is 2.24. The van der Waals surface area contributed by atoms with E-state index in [2.05, 4.69) is 0 Å². The number of carbonyl (C=O) groups is 1. The summed E-state index contributed by atoms with van der Waals surface area (Å²) in [4.78, 5) is 10.7. The molecule has 2 aliphatic heterocycles. The van der Waals surface area contributed by atoms with Gasteiger partial charge in [0.2, 0.25) is 0 Å². The largest absolute Gasteiger partial charge is 0.479 e. The van der Waals surface area contributed by atoms with E-state index in [1.54, 1.807) is 0 Å². The monoisotopic (exact) mass is 278 g/mol. The van der Waals surface area contributed by atoms with Crippen LogP contribution in [0.25, 0.3) is 0 Å². The van der Waals surface area contributed by atoms with Crippen LogP contribution in [0.1, 0.15) is 25.7 Å². The summed E-state index contributed by atoms with van der Waals surface area (Å²) in [7, 11) is -3.21. The molecule has 2 aliphatic rings. The average molecular weight is 278 g/mol. The van der Waals surface area contributed by atoms with Crippen LogP contribution in [0.3, 0.4) is 0 Å². The first-order chi connectivity index (χ1) is 8.49. The zero-order chi connectivity index (χ0) is 13.2. The third-order valence-electron chi connectivity index (χ3n) is 3.48. The molecule has 0 amide bonds. The van der Waals surface area contributed by atoms with E-state index in [4.69, 9.17) is 14.6 Å². The van der Waals surface area contributed by atoms with Crippen LogP contribution in [-0.4, -0.2) is 55.9 Å². The van der Waals surface area contributed by atoms with E-state index in [1.165, 1.54) is 0 Å². The number of ether oxygens (including phenoxy) is 2. The smallest absolute Gasteiger partial charge is 0.332 e. The molecule has 18 heavy (non-hydrogen) atoms. The van der Waals surface area contributed by atoms with Gasteiger partial charge in [-0.05, 0) is 25.7 Å². The van der Waals surface area contributed by atoms with Crippen LogP contribution < -0.4 is 0 Å². The third kappa shape index (κ3) is 3.21. The summed E-state index contributed by atoms with van der Waals surface area (Å²) in [5.74, 6) is -1.08. The highest BCUT2D eigenvalue weighted by molar-refractivity contribution is 7.92. The van der Waals surface area contributed by atoms with Crippen molar-refractivity contribution in [2.75, 3.05) is 19.0 Å². The second kappa shape index (κ2) is 5.54. The molecule has 6 nitrogen and oxygen atoms in total. The molecule has 0 aromatic rings. The molecule has 2 atom stereocenters. The lowest BCUT2D eigenvalue weighted by Gasteiger charge is -2.23. The molecule has 2 fully saturated rings. The minimum atomic E-state index is -3.21. The van der Waals surface area contributed by atoms with Gasteiger partial charge in [0.15, 0.2) is 15.9 Å². The quantitative estimate of drug-likeness (QED) is 0.790. The van der Waals surface area contributed by atoms with Crippen molar-refractivity contribution >= 4 is 15.8 Å². The van der Waals surface area contributed by atoms with Gasteiger partial charge in [0.05, 0.1) is 17.1 Å². The fourth-order valence-corrected chi connectivity index (χ4v) is 4.39. The van der Waals surface area contributed by atoms with E-state index < -0.39 is 28.0 Å². The van der Waals surface area contributed by atoms with Crippen LogP contribution in [0.5, 0.6) is 0 Å². The van der Waals surface area contributed by atoms with Gasteiger partial charge in [-0.15, -0.1) is 0 Å². The lowest BCUT2D eigenvalue weighted by atomic mass is 10.2. The first-order valence-electron chi connectivity index (χ1n) is 6.16. The van der Waals surface area contributed by atoms with Gasteiger partial charge in [0.1, 0.15) is 0 Å². The van der Waals surface area contributed by atoms with Crippen molar-refractivity contribution in [1.82, 2.24) is 0 Å². The highest BCUT2D eigenvalue weighted by Gasteiger charge is 2.36. The van der Waals surface area contributed by atoms with E-state index >= 15 is 0 Å². The molecular weight excluding hydrogens is 260 g/mol. The summed E-state index contributed by atoms with van der Waals surface area (Å²) in [5.41, 5.74) is 0. The summed E-state index contributed by atoms with van der Waals surface area (Å²) >= 11 is 0. The molecule has 0 aromatic carbocycles. The molecule has 0 spiro atoms. The SMILES string of the molecule is O=C(O)C1CCC(CS(=O)(=O)C2CCOCC2)O1. The molecule has 1 N–H and O–H groups in total. The molecule has 104 valence electrons. The lowest BCUT2D eigenvalue weighted by molar-refractivity contribution is -0.148. The number of hydrogen-bond donors (Lipinski definition) is 1. The minimum Gasteiger partial charge on any atom is -0.479 e. The molecular formula is C11H18O6S. The van der Waals surface area contributed by atoms with Crippen LogP contribution in [0.2, 0.25) is 0 Å². The Labute approximate surface area is 106 Å². The summed E-state index contributed by atoms with van der Waals surface area (Å²) in [6.45, 7) is 0.959. The van der Waals surface area contributed by atoms with Gasteiger partial charge in [0, 0.05) is 13.2 Å². The summed E-state index contributed by atoms with van der Waals surface area (Å²) in [5, 5.41) is 8.42. The van der Waals surface area contributed by atoms with Crippen molar-refractivity contribution in [3.05, 3.63) is 0 Å². The van der Waals surface area contributed by atoms with E-state index in [-0.39, 0.29) is 11.0 Å². The second-order valence-electron chi connectivity index (χ2n) is 4.80. The number of rotatable bonds is 4. The number of aliphatic carboxylic acids is 1. The van der Waals surface area contributed by atoms with Gasteiger partial charge < -0.3 is 14.6 Å². The van der Waals surface area contributed by atoms with Crippen molar-refractivity contribution in [2.24, 2.45) is 0 Å². The predicted molar refractivity (Wildman–Crippen MR) is 63.2 cm³/mol. The van der Waals surface area contributed by atoms with Crippen molar-refractivity contribution in [1.29, 1.82) is 0 Å². The van der Waals surface area contributed by atoms with E-state index in [0.717, 1.165) is 0 Å². The fourth-order valence-electron chi connectivity index (χ4n) is 2.44. The Morgan fingerprint density at radius 1 is 1.17 bits per heavy atom. The van der Waals surface area contributed by atoms with Crippen LogP contribution in [-0.2, 0) is 24.1 Å². The average Bonchev–Trinajstić information content (AvgIpc) is 2.78. The molecule has 2 saturated heterocycles. The van der Waals surface area contributed by atoms with Gasteiger partial charge >= 0.3 is 5.97 Å². The standard InChI is InChI=1S/C11H18O6S/c12-11(13)10-2-1-8(17-10)7-18(14,15)9-3-5-16-6-4-9/h8-10H,1-7H2,(H,12,13). The topological polar surface area (TPSA) is 89.9 Å². The maximum atomic E-state index is 12.1. The first-order valence-corrected chi connectivity index (χ1v) is 7.88. The molecule has 2 rings (SSSR count). The Bertz CT molecular complexity index is 398. The molecule has 2 unspecified atom stereocenters. The lowest BCUT2D eigenvalue weighted by Crippen LogP contribution is -2.35. The number of sulfone groups is 1. The Hall–Kier alpha value is -0.660. The molecule has 0 saturated carbocycles. The van der Waals surface area contributed by atoms with Gasteiger partial charge in [-0.3, -0.25) is 0 Å². The van der Waals surface area contributed by atoms with Crippen molar-refractivity contribution in [3.8, 4) is 0 Å². The zero-order valence-corrected chi connectivity index (χ0v) is 10.9. The Kier molecular flexibility index (Phi) is 4.24. The maximum Gasteiger partial charge on any atom is 0.332 e. The van der Waals surface area contributed by atoms with E-state index in [1.807, 2.05) is 0 Å². The van der Waals surface area contributed by atoms with Gasteiger partial charge in [-0.25, -0.2) is 13.2 Å². The van der Waals surface area contributed by atoms with Gasteiger partial charge in [-0.1, -0.05) is 0 Å². The van der Waals surface area contributed by atoms with Crippen LogP contribution in [0.15, 0.2) is 0 Å². The summed E-state index contributed by atoms with van der Waals surface area (Å²) in [6, 6.07) is 0. The molecule has 0 bridgehead atoms. The van der Waals surface area contributed by atoms with Crippen molar-refractivity contribution in [3.63, 3.8) is 0 Å². The highest BCUT2D eigenvalue weighted by atomic mass is 32.2. The summed E-state index contributed by atoms with van der Waals surface area (Å²) in [6.07, 6.45) is 0.621. The van der Waals surface area contributed by atoms with E-state index in [0.29, 0.717) is 38.9 Å². The van der Waals surface area contributed by atoms with Gasteiger partial charge in [-0.2, -0.15) is 0 Å². The van der Waals surface area contributed by atoms with Crippen LogP contribution in [0.4, 0.5) is 0 Å².